The summed E-state index contributed by atoms with van der Waals surface area (Å²) in [6, 6.07) is 4.28. The van der Waals surface area contributed by atoms with Gasteiger partial charge in [0.25, 0.3) is 0 Å². The highest BCUT2D eigenvalue weighted by molar-refractivity contribution is 5.62. The van der Waals surface area contributed by atoms with Crippen molar-refractivity contribution in [3.63, 3.8) is 0 Å². The first kappa shape index (κ1) is 20.3. The summed E-state index contributed by atoms with van der Waals surface area (Å²) in [4.78, 5) is 0. The molecule has 31 heavy (non-hydrogen) atoms. The SMILES string of the molecule is COC1[C@@H]2CC[C@@]3(C[C@@H]2[C@](C)(O)C(C)(C)C)[C@H]2Cc4ccc(O)c5c4[C@@]3(CCN2)[C@H]1O5. The van der Waals surface area contributed by atoms with E-state index in [2.05, 4.69) is 32.2 Å². The highest BCUT2D eigenvalue weighted by atomic mass is 16.5. The number of benzene rings is 1. The van der Waals surface area contributed by atoms with Crippen molar-refractivity contribution in [2.45, 2.75) is 89.1 Å². The van der Waals surface area contributed by atoms with Gasteiger partial charge in [-0.25, -0.2) is 0 Å². The summed E-state index contributed by atoms with van der Waals surface area (Å²) < 4.78 is 13.0. The van der Waals surface area contributed by atoms with Crippen molar-refractivity contribution in [1.29, 1.82) is 0 Å². The Labute approximate surface area is 185 Å². The Kier molecular flexibility index (Phi) is 3.92. The molecule has 1 unspecified atom stereocenters. The quantitative estimate of drug-likeness (QED) is 0.674. The molecule has 4 bridgehead atoms. The molecule has 2 heterocycles. The second kappa shape index (κ2) is 5.98. The van der Waals surface area contributed by atoms with Crippen molar-refractivity contribution in [2.24, 2.45) is 22.7 Å². The zero-order valence-electron chi connectivity index (χ0n) is 19.5. The number of aromatic hydroxyl groups is 1. The van der Waals surface area contributed by atoms with E-state index in [4.69, 9.17) is 9.47 Å². The van der Waals surface area contributed by atoms with E-state index in [0.717, 1.165) is 38.6 Å². The van der Waals surface area contributed by atoms with Crippen molar-refractivity contribution in [3.8, 4) is 11.5 Å². The summed E-state index contributed by atoms with van der Waals surface area (Å²) in [6.45, 7) is 9.49. The number of aliphatic hydroxyl groups is 1. The van der Waals surface area contributed by atoms with Crippen LogP contribution >= 0.6 is 0 Å². The van der Waals surface area contributed by atoms with E-state index in [1.807, 2.05) is 14.0 Å². The maximum absolute atomic E-state index is 12.0. The molecule has 4 fully saturated rings. The molecular formula is C26H37NO4. The predicted molar refractivity (Wildman–Crippen MR) is 118 cm³/mol. The maximum atomic E-state index is 12.0. The standard InChI is InChI=1S/C26H37NO4/c1-23(2,3)24(4,29)16-13-25-9-8-15(16)20(30-5)22-26(25)10-11-27-18(25)12-14-6-7-17(28)21(31-22)19(14)26/h6-7,15-16,18,20,22,27-29H,8-13H2,1-5H3/t15-,16+,18-,20?,22+,24+,25-,26+/m1/s1. The first-order valence-electron chi connectivity index (χ1n) is 12.1. The van der Waals surface area contributed by atoms with Crippen LogP contribution in [0.1, 0.15) is 64.5 Å². The number of nitrogens with one attached hydrogen (secondary N) is 1. The molecule has 170 valence electrons. The predicted octanol–water partition coefficient (Wildman–Crippen LogP) is 3.54. The van der Waals surface area contributed by atoms with Gasteiger partial charge in [-0.2, -0.15) is 0 Å². The summed E-state index contributed by atoms with van der Waals surface area (Å²) in [5, 5.41) is 26.6. The lowest BCUT2D eigenvalue weighted by Crippen LogP contribution is -2.69. The van der Waals surface area contributed by atoms with Crippen molar-refractivity contribution < 1.29 is 19.7 Å². The van der Waals surface area contributed by atoms with Crippen LogP contribution in [0.4, 0.5) is 0 Å². The van der Waals surface area contributed by atoms with Crippen LogP contribution in [0.15, 0.2) is 12.1 Å². The summed E-state index contributed by atoms with van der Waals surface area (Å²) in [7, 11) is 1.81. The molecule has 3 N–H and O–H groups in total. The van der Waals surface area contributed by atoms with Gasteiger partial charge >= 0.3 is 0 Å². The van der Waals surface area contributed by atoms with E-state index in [1.54, 1.807) is 6.07 Å². The molecule has 8 atom stereocenters. The molecule has 6 aliphatic rings. The van der Waals surface area contributed by atoms with E-state index in [0.29, 0.717) is 11.8 Å². The van der Waals surface area contributed by atoms with Crippen LogP contribution in [0.3, 0.4) is 0 Å². The van der Waals surface area contributed by atoms with Gasteiger partial charge in [-0.3, -0.25) is 0 Å². The minimum atomic E-state index is -0.812. The van der Waals surface area contributed by atoms with Crippen LogP contribution in [-0.2, 0) is 16.6 Å². The smallest absolute Gasteiger partial charge is 0.165 e. The van der Waals surface area contributed by atoms with Crippen molar-refractivity contribution in [2.75, 3.05) is 13.7 Å². The first-order chi connectivity index (χ1) is 14.6. The van der Waals surface area contributed by atoms with Crippen molar-refractivity contribution in [1.82, 2.24) is 5.32 Å². The van der Waals surface area contributed by atoms with Gasteiger partial charge < -0.3 is 25.0 Å². The Morgan fingerprint density at radius 3 is 2.68 bits per heavy atom. The Morgan fingerprint density at radius 2 is 1.97 bits per heavy atom. The summed E-state index contributed by atoms with van der Waals surface area (Å²) in [6.07, 6.45) is 4.91. The molecule has 4 aliphatic carbocycles. The van der Waals surface area contributed by atoms with Crippen molar-refractivity contribution >= 4 is 0 Å². The number of fused-ring (bicyclic) bond motifs is 2. The van der Waals surface area contributed by atoms with Gasteiger partial charge in [0.2, 0.25) is 0 Å². The lowest BCUT2D eigenvalue weighted by atomic mass is 9.43. The van der Waals surface area contributed by atoms with Crippen molar-refractivity contribution in [3.05, 3.63) is 23.3 Å². The number of phenolic OH excluding ortho intramolecular Hbond substituents is 1. The molecule has 2 aliphatic heterocycles. The number of methoxy groups -OCH3 is 1. The average Bonchev–Trinajstić information content (AvgIpc) is 2.92. The molecular weight excluding hydrogens is 390 g/mol. The lowest BCUT2D eigenvalue weighted by Gasteiger charge is -2.63. The first-order valence-corrected chi connectivity index (χ1v) is 12.1. The van der Waals surface area contributed by atoms with Gasteiger partial charge in [0.05, 0.1) is 11.7 Å². The molecule has 0 amide bonds. The third-order valence-corrected chi connectivity index (χ3v) is 10.5. The van der Waals surface area contributed by atoms with E-state index in [9.17, 15) is 10.2 Å². The van der Waals surface area contributed by atoms with E-state index < -0.39 is 5.60 Å². The second-order valence-corrected chi connectivity index (χ2v) is 12.2. The van der Waals surface area contributed by atoms with Crippen LogP contribution < -0.4 is 10.1 Å². The number of phenols is 1. The summed E-state index contributed by atoms with van der Waals surface area (Å²) in [5.74, 6) is 1.34. The molecule has 7 rings (SSSR count). The number of piperidine rings is 1. The monoisotopic (exact) mass is 427 g/mol. The fourth-order valence-electron chi connectivity index (χ4n) is 8.67. The third kappa shape index (κ3) is 2.14. The van der Waals surface area contributed by atoms with Crippen LogP contribution in [-0.4, -0.2) is 47.7 Å². The van der Waals surface area contributed by atoms with Crippen LogP contribution in [0, 0.1) is 22.7 Å². The van der Waals surface area contributed by atoms with Gasteiger partial charge in [-0.15, -0.1) is 0 Å². The lowest BCUT2D eigenvalue weighted by molar-refractivity contribution is -0.155. The number of ether oxygens (including phenoxy) is 2. The van der Waals surface area contributed by atoms with Crippen LogP contribution in [0.5, 0.6) is 11.5 Å². The molecule has 3 saturated carbocycles. The number of hydrogen-bond donors (Lipinski definition) is 3. The van der Waals surface area contributed by atoms with Gasteiger partial charge in [0.1, 0.15) is 6.10 Å². The fourth-order valence-corrected chi connectivity index (χ4v) is 8.67. The molecule has 1 aromatic carbocycles. The summed E-state index contributed by atoms with van der Waals surface area (Å²) in [5.41, 5.74) is 1.37. The molecule has 1 saturated heterocycles. The highest BCUT2D eigenvalue weighted by Gasteiger charge is 2.75. The number of rotatable bonds is 2. The van der Waals surface area contributed by atoms with Gasteiger partial charge in [-0.05, 0) is 79.9 Å². The largest absolute Gasteiger partial charge is 0.504 e. The topological polar surface area (TPSA) is 71.0 Å². The molecule has 2 spiro atoms. The van der Waals surface area contributed by atoms with E-state index >= 15 is 0 Å². The zero-order chi connectivity index (χ0) is 22.0. The molecule has 0 radical (unpaired) electrons. The van der Waals surface area contributed by atoms with E-state index in [1.165, 1.54) is 11.1 Å². The summed E-state index contributed by atoms with van der Waals surface area (Å²) >= 11 is 0. The average molecular weight is 428 g/mol. The Morgan fingerprint density at radius 1 is 1.19 bits per heavy atom. The minimum Gasteiger partial charge on any atom is -0.504 e. The molecule has 0 aromatic heterocycles. The zero-order valence-corrected chi connectivity index (χ0v) is 19.5. The Balaban J connectivity index is 1.63. The van der Waals surface area contributed by atoms with Crippen LogP contribution in [0.25, 0.3) is 0 Å². The Hall–Kier alpha value is -1.30. The highest BCUT2D eigenvalue weighted by Crippen LogP contribution is 2.73. The van der Waals surface area contributed by atoms with Gasteiger partial charge in [-0.1, -0.05) is 26.8 Å². The van der Waals surface area contributed by atoms with Gasteiger partial charge in [0, 0.05) is 24.1 Å². The minimum absolute atomic E-state index is 0.00560. The van der Waals surface area contributed by atoms with Crippen LogP contribution in [0.2, 0.25) is 0 Å². The third-order valence-electron chi connectivity index (χ3n) is 10.5. The van der Waals surface area contributed by atoms with Gasteiger partial charge in [0.15, 0.2) is 11.5 Å². The van der Waals surface area contributed by atoms with E-state index in [-0.39, 0.29) is 46.0 Å². The normalized spacial score (nSPS) is 44.3. The maximum Gasteiger partial charge on any atom is 0.165 e. The second-order valence-electron chi connectivity index (χ2n) is 12.2. The molecule has 5 heteroatoms. The Bertz CT molecular complexity index is 936. The number of hydrogen-bond acceptors (Lipinski definition) is 5. The fraction of sp³-hybridized carbons (Fsp3) is 0.769. The molecule has 1 aromatic rings. The molecule has 5 nitrogen and oxygen atoms in total.